The molecule has 3 aliphatic heterocycles. The fourth-order valence-corrected chi connectivity index (χ4v) is 5.64. The van der Waals surface area contributed by atoms with Gasteiger partial charge in [-0.2, -0.15) is 0 Å². The van der Waals surface area contributed by atoms with Crippen molar-refractivity contribution in [2.75, 3.05) is 32.7 Å². The lowest BCUT2D eigenvalue weighted by Gasteiger charge is -2.39. The first kappa shape index (κ1) is 23.9. The second-order valence-corrected chi connectivity index (χ2v) is 9.69. The standard InChI is InChI=1S/C27H31F2N3O3/c28-22-9-8-19(17-23(22)29)25(32-14-3-7-24(32)33)26(34)30-12-4-13-31-15-10-27(11-16-31)21-6-2-1-5-20(21)18-35-27/h1-2,5-6,8-9,17,25H,3-4,7,10-16,18H2,(H,30,34). The molecule has 2 fully saturated rings. The van der Waals surface area contributed by atoms with E-state index in [1.54, 1.807) is 0 Å². The van der Waals surface area contributed by atoms with Crippen molar-refractivity contribution < 1.29 is 23.1 Å². The number of ether oxygens (including phenoxy) is 1. The Labute approximate surface area is 204 Å². The Hall–Kier alpha value is -2.84. The van der Waals surface area contributed by atoms with Crippen LogP contribution in [0.15, 0.2) is 42.5 Å². The molecular weight excluding hydrogens is 452 g/mol. The largest absolute Gasteiger partial charge is 0.365 e. The number of likely N-dealkylation sites (tertiary alicyclic amines) is 2. The SMILES string of the molecule is O=C(NCCCN1CCC2(CC1)OCc1ccccc12)C(c1ccc(F)c(F)c1)N1CCCC1=O. The van der Waals surface area contributed by atoms with Crippen molar-refractivity contribution in [3.63, 3.8) is 0 Å². The number of amides is 2. The second kappa shape index (κ2) is 10.0. The molecule has 1 atom stereocenters. The molecule has 0 radical (unpaired) electrons. The van der Waals surface area contributed by atoms with Crippen LogP contribution in [0.4, 0.5) is 8.78 Å². The van der Waals surface area contributed by atoms with Crippen LogP contribution < -0.4 is 5.32 Å². The van der Waals surface area contributed by atoms with Gasteiger partial charge in [0.25, 0.3) is 0 Å². The predicted molar refractivity (Wildman–Crippen MR) is 126 cm³/mol. The van der Waals surface area contributed by atoms with Gasteiger partial charge in [0.1, 0.15) is 6.04 Å². The topological polar surface area (TPSA) is 61.9 Å². The predicted octanol–water partition coefficient (Wildman–Crippen LogP) is 3.66. The number of carbonyl (C=O) groups is 2. The number of hydrogen-bond donors (Lipinski definition) is 1. The van der Waals surface area contributed by atoms with Gasteiger partial charge >= 0.3 is 0 Å². The molecule has 3 aliphatic rings. The maximum atomic E-state index is 13.9. The van der Waals surface area contributed by atoms with Gasteiger partial charge in [0.15, 0.2) is 11.6 Å². The summed E-state index contributed by atoms with van der Waals surface area (Å²) in [7, 11) is 0. The molecular formula is C27H31F2N3O3. The lowest BCUT2D eigenvalue weighted by molar-refractivity contribution is -0.137. The number of fused-ring (bicyclic) bond motifs is 2. The minimum atomic E-state index is -1.02. The first-order chi connectivity index (χ1) is 17.0. The summed E-state index contributed by atoms with van der Waals surface area (Å²) in [5.74, 6) is -2.51. The van der Waals surface area contributed by atoms with Gasteiger partial charge in [0, 0.05) is 32.6 Å². The van der Waals surface area contributed by atoms with Crippen molar-refractivity contribution >= 4 is 11.8 Å². The molecule has 5 rings (SSSR count). The Morgan fingerprint density at radius 3 is 2.63 bits per heavy atom. The van der Waals surface area contributed by atoms with E-state index in [1.807, 2.05) is 0 Å². The van der Waals surface area contributed by atoms with Crippen molar-refractivity contribution in [3.8, 4) is 0 Å². The third-order valence-corrected chi connectivity index (χ3v) is 7.56. The maximum Gasteiger partial charge on any atom is 0.247 e. The molecule has 2 amide bonds. The number of halogens is 2. The van der Waals surface area contributed by atoms with E-state index in [-0.39, 0.29) is 23.0 Å². The van der Waals surface area contributed by atoms with Crippen molar-refractivity contribution in [2.45, 2.75) is 50.4 Å². The minimum absolute atomic E-state index is 0.146. The van der Waals surface area contributed by atoms with Crippen LogP contribution in [0.3, 0.4) is 0 Å². The highest BCUT2D eigenvalue weighted by Crippen LogP contribution is 2.43. The molecule has 1 N–H and O–H groups in total. The van der Waals surface area contributed by atoms with Crippen molar-refractivity contribution in [1.29, 1.82) is 0 Å². The molecule has 6 nitrogen and oxygen atoms in total. The summed E-state index contributed by atoms with van der Waals surface area (Å²) in [6.07, 6.45) is 3.67. The first-order valence-corrected chi connectivity index (χ1v) is 12.4. The number of nitrogens with one attached hydrogen (secondary N) is 1. The number of nitrogens with zero attached hydrogens (tertiary/aromatic N) is 2. The summed E-state index contributed by atoms with van der Waals surface area (Å²) in [5.41, 5.74) is 2.73. The monoisotopic (exact) mass is 483 g/mol. The van der Waals surface area contributed by atoms with E-state index in [2.05, 4.69) is 34.5 Å². The smallest absolute Gasteiger partial charge is 0.247 e. The molecule has 2 aromatic carbocycles. The summed E-state index contributed by atoms with van der Waals surface area (Å²) >= 11 is 0. The Bertz CT molecular complexity index is 1100. The lowest BCUT2D eigenvalue weighted by atomic mass is 9.84. The highest BCUT2D eigenvalue weighted by molar-refractivity contribution is 5.89. The number of carbonyl (C=O) groups excluding carboxylic acids is 2. The third kappa shape index (κ3) is 4.82. The average Bonchev–Trinajstić information content (AvgIpc) is 3.44. The first-order valence-electron chi connectivity index (χ1n) is 12.4. The average molecular weight is 484 g/mol. The van der Waals surface area contributed by atoms with Gasteiger partial charge in [-0.3, -0.25) is 9.59 Å². The van der Waals surface area contributed by atoms with E-state index in [4.69, 9.17) is 4.74 Å². The van der Waals surface area contributed by atoms with E-state index < -0.39 is 17.7 Å². The zero-order valence-corrected chi connectivity index (χ0v) is 19.8. The van der Waals surface area contributed by atoms with E-state index in [0.717, 1.165) is 51.0 Å². The molecule has 0 aliphatic carbocycles. The highest BCUT2D eigenvalue weighted by Gasteiger charge is 2.42. The van der Waals surface area contributed by atoms with Gasteiger partial charge in [0.2, 0.25) is 11.8 Å². The quantitative estimate of drug-likeness (QED) is 0.611. The molecule has 0 saturated carbocycles. The van der Waals surface area contributed by atoms with E-state index >= 15 is 0 Å². The summed E-state index contributed by atoms with van der Waals surface area (Å²) in [5, 5.41) is 2.91. The molecule has 35 heavy (non-hydrogen) atoms. The van der Waals surface area contributed by atoms with Gasteiger partial charge in [-0.1, -0.05) is 30.3 Å². The molecule has 3 heterocycles. The summed E-state index contributed by atoms with van der Waals surface area (Å²) in [4.78, 5) is 29.2. The van der Waals surface area contributed by atoms with Crippen LogP contribution in [0.1, 0.15) is 54.8 Å². The number of rotatable bonds is 7. The second-order valence-electron chi connectivity index (χ2n) is 9.69. The normalized spacial score (nSPS) is 20.3. The molecule has 1 unspecified atom stereocenters. The third-order valence-electron chi connectivity index (χ3n) is 7.56. The van der Waals surface area contributed by atoms with Crippen molar-refractivity contribution in [2.24, 2.45) is 0 Å². The van der Waals surface area contributed by atoms with Crippen LogP contribution in [0.2, 0.25) is 0 Å². The molecule has 2 saturated heterocycles. The summed E-state index contributed by atoms with van der Waals surface area (Å²) < 4.78 is 33.5. The van der Waals surface area contributed by atoms with Crippen LogP contribution in [0, 0.1) is 11.6 Å². The minimum Gasteiger partial charge on any atom is -0.365 e. The molecule has 8 heteroatoms. The summed E-state index contributed by atoms with van der Waals surface area (Å²) in [6, 6.07) is 10.9. The van der Waals surface area contributed by atoms with E-state index in [9.17, 15) is 18.4 Å². The van der Waals surface area contributed by atoms with Gasteiger partial charge in [-0.25, -0.2) is 8.78 Å². The maximum absolute atomic E-state index is 13.9. The van der Waals surface area contributed by atoms with Gasteiger partial charge < -0.3 is 19.9 Å². The molecule has 0 aromatic heterocycles. The fourth-order valence-electron chi connectivity index (χ4n) is 5.64. The Kier molecular flexibility index (Phi) is 6.84. The molecule has 0 bridgehead atoms. The Morgan fingerprint density at radius 1 is 1.09 bits per heavy atom. The van der Waals surface area contributed by atoms with Gasteiger partial charge in [-0.15, -0.1) is 0 Å². The summed E-state index contributed by atoms with van der Waals surface area (Å²) in [6.45, 7) is 4.26. The molecule has 1 spiro atoms. The molecule has 2 aromatic rings. The van der Waals surface area contributed by atoms with Crippen molar-refractivity contribution in [1.82, 2.24) is 15.1 Å². The van der Waals surface area contributed by atoms with Crippen LogP contribution in [0.5, 0.6) is 0 Å². The fraction of sp³-hybridized carbons (Fsp3) is 0.481. The zero-order valence-electron chi connectivity index (χ0n) is 19.8. The van der Waals surface area contributed by atoms with Crippen LogP contribution in [-0.2, 0) is 26.5 Å². The number of benzene rings is 2. The lowest BCUT2D eigenvalue weighted by Crippen LogP contribution is -2.44. The number of piperidine rings is 1. The van der Waals surface area contributed by atoms with E-state index in [1.165, 1.54) is 22.1 Å². The van der Waals surface area contributed by atoms with E-state index in [0.29, 0.717) is 32.5 Å². The highest BCUT2D eigenvalue weighted by atomic mass is 19.2. The van der Waals surface area contributed by atoms with Gasteiger partial charge in [0.05, 0.1) is 12.2 Å². The van der Waals surface area contributed by atoms with Crippen LogP contribution in [0.25, 0.3) is 0 Å². The Balaban J connectivity index is 1.13. The Morgan fingerprint density at radius 2 is 1.89 bits per heavy atom. The number of hydrogen-bond acceptors (Lipinski definition) is 4. The molecule has 186 valence electrons. The van der Waals surface area contributed by atoms with Crippen LogP contribution in [-0.4, -0.2) is 54.3 Å². The van der Waals surface area contributed by atoms with Crippen LogP contribution >= 0.6 is 0 Å². The van der Waals surface area contributed by atoms with Crippen molar-refractivity contribution in [3.05, 3.63) is 70.8 Å². The van der Waals surface area contributed by atoms with Gasteiger partial charge in [-0.05, 0) is 61.1 Å². The zero-order chi connectivity index (χ0) is 24.4.